The normalized spacial score (nSPS) is 19.2. The first-order chi connectivity index (χ1) is 19.6. The Morgan fingerprint density at radius 2 is 1.85 bits per heavy atom. The van der Waals surface area contributed by atoms with Gasteiger partial charge in [-0.15, -0.1) is 0 Å². The zero-order valence-electron chi connectivity index (χ0n) is 22.2. The molecule has 202 valence electrons. The molecule has 2 aliphatic rings. The summed E-state index contributed by atoms with van der Waals surface area (Å²) in [4.78, 5) is 4.72. The zero-order valence-corrected chi connectivity index (χ0v) is 23.8. The van der Waals surface area contributed by atoms with E-state index < -0.39 is 0 Å². The van der Waals surface area contributed by atoms with Crippen LogP contribution in [-0.4, -0.2) is 12.8 Å². The van der Waals surface area contributed by atoms with E-state index in [0.717, 1.165) is 27.7 Å². The Hall–Kier alpha value is -3.90. The largest absolute Gasteiger partial charge is 0.490 e. The van der Waals surface area contributed by atoms with E-state index in [4.69, 9.17) is 14.5 Å². The first kappa shape index (κ1) is 26.3. The number of benzene rings is 4. The first-order valence-corrected chi connectivity index (χ1v) is 14.4. The molecule has 0 saturated carbocycles. The molecule has 1 N–H and O–H groups in total. The fourth-order valence-corrected chi connectivity index (χ4v) is 6.21. The Labute approximate surface area is 242 Å². The van der Waals surface area contributed by atoms with Crippen molar-refractivity contribution in [2.24, 2.45) is 10.9 Å². The molecule has 0 aromatic heterocycles. The molecular formula is C34H30BrFN2O2. The molecule has 4 aromatic carbocycles. The lowest BCUT2D eigenvalue weighted by Gasteiger charge is -2.37. The minimum absolute atomic E-state index is 0.231. The number of allylic oxidation sites excluding steroid dienone is 2. The van der Waals surface area contributed by atoms with E-state index in [2.05, 4.69) is 81.9 Å². The van der Waals surface area contributed by atoms with Crippen molar-refractivity contribution < 1.29 is 13.9 Å². The Kier molecular flexibility index (Phi) is 7.69. The van der Waals surface area contributed by atoms with E-state index in [1.807, 2.05) is 31.3 Å². The topological polar surface area (TPSA) is 42.8 Å². The van der Waals surface area contributed by atoms with Crippen molar-refractivity contribution in [2.45, 2.75) is 31.9 Å². The van der Waals surface area contributed by atoms with Crippen molar-refractivity contribution >= 4 is 33.5 Å². The Morgan fingerprint density at radius 3 is 2.67 bits per heavy atom. The van der Waals surface area contributed by atoms with Gasteiger partial charge in [0, 0.05) is 17.8 Å². The van der Waals surface area contributed by atoms with Crippen LogP contribution in [0.15, 0.2) is 107 Å². The Bertz CT molecular complexity index is 1570. The number of aliphatic imine (C=N–C) groups is 1. The lowest BCUT2D eigenvalue weighted by molar-refractivity contribution is 0.267. The minimum Gasteiger partial charge on any atom is -0.490 e. The predicted octanol–water partition coefficient (Wildman–Crippen LogP) is 9.14. The molecule has 6 rings (SSSR count). The van der Waals surface area contributed by atoms with Gasteiger partial charge in [-0.3, -0.25) is 4.99 Å². The number of fused-ring (bicyclic) bond motifs is 3. The van der Waals surface area contributed by atoms with Crippen LogP contribution in [0.1, 0.15) is 47.6 Å². The number of para-hydroxylation sites is 1. The third kappa shape index (κ3) is 5.54. The van der Waals surface area contributed by atoms with Gasteiger partial charge in [0.25, 0.3) is 0 Å². The van der Waals surface area contributed by atoms with Gasteiger partial charge in [0.1, 0.15) is 12.4 Å². The van der Waals surface area contributed by atoms with Crippen molar-refractivity contribution in [3.05, 3.63) is 130 Å². The predicted molar refractivity (Wildman–Crippen MR) is 163 cm³/mol. The summed E-state index contributed by atoms with van der Waals surface area (Å²) in [6, 6.07) is 27.6. The number of ether oxygens (including phenoxy) is 2. The van der Waals surface area contributed by atoms with Crippen LogP contribution in [0.5, 0.6) is 11.5 Å². The smallest absolute Gasteiger partial charge is 0.175 e. The monoisotopic (exact) mass is 596 g/mol. The summed E-state index contributed by atoms with van der Waals surface area (Å²) in [6.45, 7) is 2.65. The molecule has 1 heterocycles. The van der Waals surface area contributed by atoms with Crippen LogP contribution in [-0.2, 0) is 6.61 Å². The fraction of sp³-hybridized carbons (Fsp3) is 0.206. The molecule has 0 spiro atoms. The average molecular weight is 598 g/mol. The van der Waals surface area contributed by atoms with Gasteiger partial charge in [-0.2, -0.15) is 0 Å². The molecule has 0 bridgehead atoms. The van der Waals surface area contributed by atoms with E-state index in [0.29, 0.717) is 29.9 Å². The van der Waals surface area contributed by atoms with E-state index in [1.54, 1.807) is 6.07 Å². The third-order valence-corrected chi connectivity index (χ3v) is 8.08. The van der Waals surface area contributed by atoms with Gasteiger partial charge >= 0.3 is 0 Å². The summed E-state index contributed by atoms with van der Waals surface area (Å²) in [7, 11) is 0. The van der Waals surface area contributed by atoms with Gasteiger partial charge in [-0.1, -0.05) is 54.6 Å². The van der Waals surface area contributed by atoms with Crippen molar-refractivity contribution in [1.29, 1.82) is 0 Å². The Balaban J connectivity index is 1.18. The summed E-state index contributed by atoms with van der Waals surface area (Å²) in [5.41, 5.74) is 6.39. The van der Waals surface area contributed by atoms with Crippen molar-refractivity contribution in [1.82, 2.24) is 0 Å². The van der Waals surface area contributed by atoms with E-state index in [1.165, 1.54) is 28.9 Å². The molecule has 0 saturated heterocycles. The van der Waals surface area contributed by atoms with Crippen LogP contribution in [0, 0.1) is 11.7 Å². The number of nitrogens with one attached hydrogen (secondary N) is 1. The summed E-state index contributed by atoms with van der Waals surface area (Å²) >= 11 is 3.62. The zero-order chi connectivity index (χ0) is 27.5. The molecule has 1 aliphatic carbocycles. The van der Waals surface area contributed by atoms with Crippen LogP contribution in [0.3, 0.4) is 0 Å². The second kappa shape index (κ2) is 11.7. The lowest BCUT2D eigenvalue weighted by atomic mass is 9.77. The maximum Gasteiger partial charge on any atom is 0.175 e. The highest BCUT2D eigenvalue weighted by Gasteiger charge is 2.37. The number of hydrogen-bond acceptors (Lipinski definition) is 4. The summed E-state index contributed by atoms with van der Waals surface area (Å²) in [5.74, 6) is 1.87. The fourth-order valence-electron chi connectivity index (χ4n) is 5.64. The van der Waals surface area contributed by atoms with E-state index in [-0.39, 0.29) is 18.5 Å². The van der Waals surface area contributed by atoms with Gasteiger partial charge in [-0.25, -0.2) is 4.39 Å². The molecule has 0 unspecified atom stereocenters. The number of anilines is 1. The maximum absolute atomic E-state index is 13.6. The highest BCUT2D eigenvalue weighted by molar-refractivity contribution is 9.10. The third-order valence-electron chi connectivity index (χ3n) is 7.49. The van der Waals surface area contributed by atoms with Crippen LogP contribution in [0.4, 0.5) is 15.8 Å². The molecule has 3 atom stereocenters. The van der Waals surface area contributed by atoms with Crippen LogP contribution >= 0.6 is 15.9 Å². The summed E-state index contributed by atoms with van der Waals surface area (Å²) in [5, 5.41) is 3.79. The molecule has 0 fully saturated rings. The summed E-state index contributed by atoms with van der Waals surface area (Å²) in [6.07, 6.45) is 7.58. The molecule has 4 nitrogen and oxygen atoms in total. The van der Waals surface area contributed by atoms with Gasteiger partial charge in [0.2, 0.25) is 0 Å². The van der Waals surface area contributed by atoms with Gasteiger partial charge < -0.3 is 14.8 Å². The number of hydrogen-bond donors (Lipinski definition) is 1. The van der Waals surface area contributed by atoms with E-state index in [9.17, 15) is 4.39 Å². The molecule has 40 heavy (non-hydrogen) atoms. The van der Waals surface area contributed by atoms with Crippen molar-refractivity contribution in [3.63, 3.8) is 0 Å². The highest BCUT2D eigenvalue weighted by Crippen LogP contribution is 2.49. The molecule has 6 heteroatoms. The Morgan fingerprint density at radius 1 is 1.00 bits per heavy atom. The molecule has 0 amide bonds. The van der Waals surface area contributed by atoms with Crippen LogP contribution < -0.4 is 14.8 Å². The van der Waals surface area contributed by atoms with Gasteiger partial charge in [0.15, 0.2) is 11.5 Å². The average Bonchev–Trinajstić information content (AvgIpc) is 3.46. The second-order valence-corrected chi connectivity index (χ2v) is 10.9. The maximum atomic E-state index is 13.6. The number of nitrogens with zero attached hydrogens (tertiary/aromatic N) is 1. The second-order valence-electron chi connectivity index (χ2n) is 10.1. The van der Waals surface area contributed by atoms with Crippen LogP contribution in [0.25, 0.3) is 0 Å². The van der Waals surface area contributed by atoms with Gasteiger partial charge in [0.05, 0.1) is 22.8 Å². The van der Waals surface area contributed by atoms with Crippen molar-refractivity contribution in [2.75, 3.05) is 11.9 Å². The minimum atomic E-state index is -0.287. The van der Waals surface area contributed by atoms with Crippen molar-refractivity contribution in [3.8, 4) is 11.5 Å². The quantitative estimate of drug-likeness (QED) is 0.163. The standard InChI is InChI=1S/C34H30BrFN2O2/c1-2-39-32-19-23(18-30(35)34(32)40-21-22-7-5-8-25(36)17-22)20-37-26-15-13-24(14-16-26)33-29-11-6-10-27(29)28-9-3-4-12-31(28)38-33/h3-10,12-20,27,29,33,38H,2,11,21H2,1H3/t27-,29-,33-/m0/s1. The summed E-state index contributed by atoms with van der Waals surface area (Å²) < 4.78 is 26.2. The number of rotatable bonds is 8. The molecule has 0 radical (unpaired) electrons. The first-order valence-electron chi connectivity index (χ1n) is 13.6. The SMILES string of the molecule is CCOc1cc(C=Nc2ccc([C@@H]3Nc4ccccc4[C@@H]4C=CC[C@@H]43)cc2)cc(Br)c1OCc1cccc(F)c1. The van der Waals surface area contributed by atoms with Gasteiger partial charge in [-0.05, 0) is 99.9 Å². The highest BCUT2D eigenvalue weighted by atomic mass is 79.9. The molecule has 4 aromatic rings. The number of halogens is 2. The molecular weight excluding hydrogens is 567 g/mol. The van der Waals surface area contributed by atoms with Crippen LogP contribution in [0.2, 0.25) is 0 Å². The molecule has 1 aliphatic heterocycles. The lowest BCUT2D eigenvalue weighted by Crippen LogP contribution is -2.28. The van der Waals surface area contributed by atoms with E-state index >= 15 is 0 Å².